The minimum atomic E-state index is 0.0161. The van der Waals surface area contributed by atoms with Gasteiger partial charge in [-0.1, -0.05) is 50.2 Å². The Morgan fingerprint density at radius 1 is 0.810 bits per heavy atom. The zero-order valence-electron chi connectivity index (χ0n) is 13.3. The Labute approximate surface area is 127 Å². The Balaban J connectivity index is 2.26. The molecule has 1 unspecified atom stereocenters. The predicted molar refractivity (Wildman–Crippen MR) is 90.5 cm³/mol. The highest BCUT2D eigenvalue weighted by Crippen LogP contribution is 2.25. The Morgan fingerprint density at radius 2 is 1.24 bits per heavy atom. The van der Waals surface area contributed by atoms with Crippen molar-refractivity contribution < 1.29 is 0 Å². The normalized spacial score (nSPS) is 12.5. The van der Waals surface area contributed by atoms with Gasteiger partial charge in [0.1, 0.15) is 0 Å². The zero-order chi connectivity index (χ0) is 15.4. The molecule has 0 bridgehead atoms. The van der Waals surface area contributed by atoms with E-state index in [1.807, 2.05) is 14.1 Å². The molecule has 112 valence electrons. The molecule has 2 aromatic carbocycles. The first-order chi connectivity index (χ1) is 10.0. The summed E-state index contributed by atoms with van der Waals surface area (Å²) >= 11 is 0. The molecular formula is C18H25N3. The first-order valence-electron chi connectivity index (χ1n) is 7.36. The lowest BCUT2D eigenvalue weighted by Crippen LogP contribution is -2.28. The molecule has 21 heavy (non-hydrogen) atoms. The molecule has 0 saturated carbocycles. The first-order valence-corrected chi connectivity index (χ1v) is 7.36. The molecule has 0 spiro atoms. The number of hydrogen-bond donors (Lipinski definition) is 2. The molecule has 2 rings (SSSR count). The van der Waals surface area contributed by atoms with Crippen molar-refractivity contribution in [2.45, 2.75) is 25.8 Å². The van der Waals surface area contributed by atoms with Gasteiger partial charge in [-0.05, 0) is 34.7 Å². The predicted octanol–water partition coefficient (Wildman–Crippen LogP) is 3.43. The van der Waals surface area contributed by atoms with Crippen molar-refractivity contribution in [1.82, 2.24) is 5.43 Å². The van der Waals surface area contributed by atoms with Gasteiger partial charge in [-0.25, -0.2) is 5.43 Å². The van der Waals surface area contributed by atoms with E-state index < -0.39 is 0 Å². The summed E-state index contributed by atoms with van der Waals surface area (Å²) in [6, 6.07) is 17.1. The van der Waals surface area contributed by atoms with Crippen LogP contribution in [0.15, 0.2) is 48.5 Å². The van der Waals surface area contributed by atoms with Crippen LogP contribution < -0.4 is 16.2 Å². The van der Waals surface area contributed by atoms with E-state index in [4.69, 9.17) is 5.84 Å². The Morgan fingerprint density at radius 3 is 1.62 bits per heavy atom. The van der Waals surface area contributed by atoms with Crippen molar-refractivity contribution in [3.63, 3.8) is 0 Å². The number of nitrogens with two attached hydrogens (primary N) is 1. The van der Waals surface area contributed by atoms with E-state index in [0.717, 1.165) is 0 Å². The van der Waals surface area contributed by atoms with Gasteiger partial charge in [0.2, 0.25) is 0 Å². The highest BCUT2D eigenvalue weighted by atomic mass is 15.2. The average Bonchev–Trinajstić information content (AvgIpc) is 2.49. The minimum Gasteiger partial charge on any atom is -0.378 e. The molecule has 1 atom stereocenters. The second-order valence-corrected chi connectivity index (χ2v) is 5.91. The van der Waals surface area contributed by atoms with Gasteiger partial charge in [-0.3, -0.25) is 5.84 Å². The summed E-state index contributed by atoms with van der Waals surface area (Å²) in [6.45, 7) is 4.40. The molecule has 0 aliphatic rings. The second-order valence-electron chi connectivity index (χ2n) is 5.91. The highest BCUT2D eigenvalue weighted by molar-refractivity contribution is 5.47. The monoisotopic (exact) mass is 283 g/mol. The van der Waals surface area contributed by atoms with Gasteiger partial charge >= 0.3 is 0 Å². The van der Waals surface area contributed by atoms with Gasteiger partial charge in [0.25, 0.3) is 0 Å². The number of hydrazine groups is 1. The zero-order valence-corrected chi connectivity index (χ0v) is 13.3. The average molecular weight is 283 g/mol. The smallest absolute Gasteiger partial charge is 0.0710 e. The lowest BCUT2D eigenvalue weighted by atomic mass is 9.95. The summed E-state index contributed by atoms with van der Waals surface area (Å²) in [6.07, 6.45) is 0. The third-order valence-corrected chi connectivity index (χ3v) is 3.85. The lowest BCUT2D eigenvalue weighted by molar-refractivity contribution is 0.636. The number of rotatable bonds is 5. The van der Waals surface area contributed by atoms with Crippen LogP contribution in [-0.4, -0.2) is 14.1 Å². The fourth-order valence-electron chi connectivity index (χ4n) is 2.42. The summed E-state index contributed by atoms with van der Waals surface area (Å²) in [5.41, 5.74) is 7.80. The van der Waals surface area contributed by atoms with E-state index in [2.05, 4.69) is 72.7 Å². The van der Waals surface area contributed by atoms with Crippen molar-refractivity contribution in [2.24, 2.45) is 5.84 Å². The first kappa shape index (κ1) is 15.5. The molecule has 2 aromatic rings. The van der Waals surface area contributed by atoms with Gasteiger partial charge in [-0.2, -0.15) is 0 Å². The Bertz CT molecular complexity index is 505. The molecule has 0 heterocycles. The molecule has 0 fully saturated rings. The SMILES string of the molecule is CC(C)c1ccc(C(NN)c2ccc(N(C)C)cc2)cc1. The van der Waals surface area contributed by atoms with Crippen molar-refractivity contribution in [1.29, 1.82) is 0 Å². The highest BCUT2D eigenvalue weighted by Gasteiger charge is 2.12. The molecular weight excluding hydrogens is 258 g/mol. The maximum absolute atomic E-state index is 5.77. The van der Waals surface area contributed by atoms with E-state index in [1.165, 1.54) is 22.4 Å². The standard InChI is InChI=1S/C18H25N3/c1-13(2)14-5-7-15(8-6-14)18(20-19)16-9-11-17(12-10-16)21(3)4/h5-13,18,20H,19H2,1-4H3. The summed E-state index contributed by atoms with van der Waals surface area (Å²) in [5.74, 6) is 6.32. The quantitative estimate of drug-likeness (QED) is 0.652. The fraction of sp³-hybridized carbons (Fsp3) is 0.333. The van der Waals surface area contributed by atoms with Crippen LogP contribution in [0.1, 0.15) is 42.5 Å². The van der Waals surface area contributed by atoms with Gasteiger partial charge in [0.05, 0.1) is 6.04 Å². The van der Waals surface area contributed by atoms with E-state index in [1.54, 1.807) is 0 Å². The van der Waals surface area contributed by atoms with Crippen molar-refractivity contribution in [3.8, 4) is 0 Å². The molecule has 3 nitrogen and oxygen atoms in total. The Kier molecular flexibility index (Phi) is 4.99. The molecule has 3 heteroatoms. The topological polar surface area (TPSA) is 41.3 Å². The molecule has 0 radical (unpaired) electrons. The largest absolute Gasteiger partial charge is 0.378 e. The van der Waals surface area contributed by atoms with Crippen molar-refractivity contribution in [2.75, 3.05) is 19.0 Å². The molecule has 0 aliphatic heterocycles. The van der Waals surface area contributed by atoms with Gasteiger partial charge in [-0.15, -0.1) is 0 Å². The van der Waals surface area contributed by atoms with Crippen LogP contribution in [0.2, 0.25) is 0 Å². The van der Waals surface area contributed by atoms with Gasteiger partial charge in [0.15, 0.2) is 0 Å². The van der Waals surface area contributed by atoms with Crippen LogP contribution in [0.5, 0.6) is 0 Å². The van der Waals surface area contributed by atoms with Gasteiger partial charge in [0, 0.05) is 19.8 Å². The number of benzene rings is 2. The number of nitrogens with zero attached hydrogens (tertiary/aromatic N) is 1. The lowest BCUT2D eigenvalue weighted by Gasteiger charge is -2.19. The Hall–Kier alpha value is -1.84. The van der Waals surface area contributed by atoms with Crippen LogP contribution in [-0.2, 0) is 0 Å². The van der Waals surface area contributed by atoms with Crippen LogP contribution in [0.3, 0.4) is 0 Å². The molecule has 3 N–H and O–H groups in total. The van der Waals surface area contributed by atoms with Crippen LogP contribution >= 0.6 is 0 Å². The van der Waals surface area contributed by atoms with E-state index in [-0.39, 0.29) is 6.04 Å². The fourth-order valence-corrected chi connectivity index (χ4v) is 2.42. The van der Waals surface area contributed by atoms with E-state index in [9.17, 15) is 0 Å². The summed E-state index contributed by atoms with van der Waals surface area (Å²) in [7, 11) is 4.08. The molecule has 0 aromatic heterocycles. The van der Waals surface area contributed by atoms with E-state index >= 15 is 0 Å². The van der Waals surface area contributed by atoms with E-state index in [0.29, 0.717) is 5.92 Å². The van der Waals surface area contributed by atoms with Gasteiger partial charge < -0.3 is 4.90 Å². The summed E-state index contributed by atoms with van der Waals surface area (Å²) in [5, 5.41) is 0. The maximum Gasteiger partial charge on any atom is 0.0710 e. The molecule has 0 aliphatic carbocycles. The number of hydrogen-bond acceptors (Lipinski definition) is 3. The number of nitrogens with one attached hydrogen (secondary N) is 1. The molecule has 0 saturated heterocycles. The van der Waals surface area contributed by atoms with Crippen LogP contribution in [0.4, 0.5) is 5.69 Å². The van der Waals surface area contributed by atoms with Crippen molar-refractivity contribution in [3.05, 3.63) is 65.2 Å². The van der Waals surface area contributed by atoms with Crippen LogP contribution in [0.25, 0.3) is 0 Å². The molecule has 0 amide bonds. The maximum atomic E-state index is 5.77. The van der Waals surface area contributed by atoms with Crippen molar-refractivity contribution >= 4 is 5.69 Å². The third kappa shape index (κ3) is 3.63. The minimum absolute atomic E-state index is 0.0161. The second kappa shape index (κ2) is 6.74. The summed E-state index contributed by atoms with van der Waals surface area (Å²) in [4.78, 5) is 2.09. The number of anilines is 1. The summed E-state index contributed by atoms with van der Waals surface area (Å²) < 4.78 is 0. The van der Waals surface area contributed by atoms with Crippen LogP contribution in [0, 0.1) is 0 Å². The third-order valence-electron chi connectivity index (χ3n) is 3.85.